The molecule has 0 unspecified atom stereocenters. The van der Waals surface area contributed by atoms with Gasteiger partial charge in [-0.2, -0.15) is 0 Å². The van der Waals surface area contributed by atoms with Crippen molar-refractivity contribution in [2.24, 2.45) is 0 Å². The normalized spacial score (nSPS) is 15.1. The van der Waals surface area contributed by atoms with Crippen molar-refractivity contribution in [1.29, 1.82) is 0 Å². The highest BCUT2D eigenvalue weighted by Crippen LogP contribution is 2.17. The fourth-order valence-corrected chi connectivity index (χ4v) is 3.57. The first-order chi connectivity index (χ1) is 13.0. The molecule has 3 rings (SSSR count). The van der Waals surface area contributed by atoms with Crippen molar-refractivity contribution in [1.82, 2.24) is 10.2 Å². The molecule has 2 aromatic rings. The third-order valence-corrected chi connectivity index (χ3v) is 5.18. The number of piperidine rings is 1. The molecule has 1 fully saturated rings. The minimum absolute atomic E-state index is 0.116. The van der Waals surface area contributed by atoms with E-state index >= 15 is 0 Å². The summed E-state index contributed by atoms with van der Waals surface area (Å²) in [7, 11) is 0. The number of benzene rings is 2. The van der Waals surface area contributed by atoms with Crippen LogP contribution in [0.2, 0.25) is 0 Å². The van der Waals surface area contributed by atoms with Gasteiger partial charge in [-0.25, -0.2) is 0 Å². The molecule has 4 nitrogen and oxygen atoms in total. The van der Waals surface area contributed by atoms with E-state index in [9.17, 15) is 4.79 Å². The van der Waals surface area contributed by atoms with Crippen LogP contribution in [-0.4, -0.2) is 29.0 Å². The molecule has 142 valence electrons. The summed E-state index contributed by atoms with van der Waals surface area (Å²) >= 11 is 5.43. The third-order valence-electron chi connectivity index (χ3n) is 4.96. The Bertz CT molecular complexity index is 780. The van der Waals surface area contributed by atoms with Crippen LogP contribution in [0, 0.1) is 6.92 Å². The summed E-state index contributed by atoms with van der Waals surface area (Å²) < 4.78 is 0. The van der Waals surface area contributed by atoms with Gasteiger partial charge in [0, 0.05) is 24.3 Å². The van der Waals surface area contributed by atoms with E-state index in [2.05, 4.69) is 48.7 Å². The Morgan fingerprint density at radius 1 is 1.00 bits per heavy atom. The molecule has 0 saturated carbocycles. The average Bonchev–Trinajstić information content (AvgIpc) is 2.69. The first-order valence-corrected chi connectivity index (χ1v) is 9.97. The fourth-order valence-electron chi connectivity index (χ4n) is 3.28. The van der Waals surface area contributed by atoms with Crippen LogP contribution in [0.5, 0.6) is 0 Å². The van der Waals surface area contributed by atoms with Crippen molar-refractivity contribution in [3.63, 3.8) is 0 Å². The number of nitrogens with one attached hydrogen (secondary N) is 2. The highest BCUT2D eigenvalue weighted by atomic mass is 32.1. The second kappa shape index (κ2) is 9.00. The maximum atomic E-state index is 12.5. The third kappa shape index (κ3) is 5.30. The van der Waals surface area contributed by atoms with E-state index in [1.807, 2.05) is 29.2 Å². The number of likely N-dealkylation sites (tertiary alicyclic amines) is 1. The Morgan fingerprint density at radius 3 is 2.26 bits per heavy atom. The molecule has 5 heteroatoms. The first-order valence-electron chi connectivity index (χ1n) is 9.56. The van der Waals surface area contributed by atoms with Crippen molar-refractivity contribution >= 4 is 28.9 Å². The van der Waals surface area contributed by atoms with E-state index in [1.54, 1.807) is 0 Å². The van der Waals surface area contributed by atoms with E-state index in [1.165, 1.54) is 17.5 Å². The van der Waals surface area contributed by atoms with Crippen LogP contribution in [-0.2, 0) is 0 Å². The number of thiocarbonyl (C=S) groups is 1. The molecule has 0 aromatic heterocycles. The highest BCUT2D eigenvalue weighted by Gasteiger charge is 2.18. The lowest BCUT2D eigenvalue weighted by atomic mass is 10.1. The van der Waals surface area contributed by atoms with Crippen molar-refractivity contribution in [2.45, 2.75) is 39.2 Å². The number of hydrogen-bond donors (Lipinski definition) is 2. The van der Waals surface area contributed by atoms with Gasteiger partial charge in [0.1, 0.15) is 0 Å². The number of hydrogen-bond acceptors (Lipinski definition) is 2. The second-order valence-corrected chi connectivity index (χ2v) is 7.57. The Morgan fingerprint density at radius 2 is 1.63 bits per heavy atom. The number of carbonyl (C=O) groups is 1. The van der Waals surface area contributed by atoms with Gasteiger partial charge in [-0.05, 0) is 75.2 Å². The van der Waals surface area contributed by atoms with E-state index in [0.29, 0.717) is 5.11 Å². The first kappa shape index (κ1) is 19.4. The summed E-state index contributed by atoms with van der Waals surface area (Å²) in [6, 6.07) is 16.1. The van der Waals surface area contributed by atoms with Crippen LogP contribution in [0.4, 0.5) is 5.69 Å². The molecule has 2 aromatic carbocycles. The van der Waals surface area contributed by atoms with Crippen LogP contribution in [0.1, 0.15) is 53.7 Å². The topological polar surface area (TPSA) is 44.4 Å². The molecular formula is C22H27N3OS. The van der Waals surface area contributed by atoms with Crippen LogP contribution < -0.4 is 10.6 Å². The average molecular weight is 382 g/mol. The Kier molecular flexibility index (Phi) is 6.45. The summed E-state index contributed by atoms with van der Waals surface area (Å²) in [6.07, 6.45) is 3.42. The van der Waals surface area contributed by atoms with Crippen LogP contribution in [0.3, 0.4) is 0 Å². The smallest absolute Gasteiger partial charge is 0.253 e. The van der Waals surface area contributed by atoms with Gasteiger partial charge in [-0.15, -0.1) is 0 Å². The molecule has 1 heterocycles. The van der Waals surface area contributed by atoms with Crippen molar-refractivity contribution in [3.8, 4) is 0 Å². The second-order valence-electron chi connectivity index (χ2n) is 7.16. The monoisotopic (exact) mass is 381 g/mol. The zero-order valence-corrected chi connectivity index (χ0v) is 16.8. The van der Waals surface area contributed by atoms with Gasteiger partial charge in [-0.1, -0.05) is 29.8 Å². The lowest BCUT2D eigenvalue weighted by Gasteiger charge is -2.26. The molecule has 2 N–H and O–H groups in total. The molecular weight excluding hydrogens is 354 g/mol. The number of aryl methyl sites for hydroxylation is 1. The summed E-state index contributed by atoms with van der Waals surface area (Å²) in [4.78, 5) is 14.5. The largest absolute Gasteiger partial charge is 0.356 e. The van der Waals surface area contributed by atoms with Crippen molar-refractivity contribution < 1.29 is 4.79 Å². The zero-order chi connectivity index (χ0) is 19.2. The Labute approximate surface area is 167 Å². The molecule has 1 aliphatic rings. The SMILES string of the molecule is Cc1ccc([C@H](C)NC(=S)Nc2ccc(C(=O)N3CCCCC3)cc2)cc1. The number of carbonyl (C=O) groups excluding carboxylic acids is 1. The van der Waals surface area contributed by atoms with E-state index in [4.69, 9.17) is 12.2 Å². The maximum absolute atomic E-state index is 12.5. The molecule has 27 heavy (non-hydrogen) atoms. The standard InChI is InChI=1S/C22H27N3OS/c1-16-6-8-18(9-7-16)17(2)23-22(27)24-20-12-10-19(11-13-20)21(26)25-14-4-3-5-15-25/h6-13,17H,3-5,14-15H2,1-2H3,(H2,23,24,27)/t17-/m0/s1. The minimum atomic E-state index is 0.116. The van der Waals surface area contributed by atoms with Gasteiger partial charge in [0.05, 0.1) is 6.04 Å². The summed E-state index contributed by atoms with van der Waals surface area (Å²) in [5, 5.41) is 7.06. The predicted molar refractivity (Wildman–Crippen MR) is 115 cm³/mol. The molecule has 1 saturated heterocycles. The van der Waals surface area contributed by atoms with Gasteiger partial charge in [-0.3, -0.25) is 4.79 Å². The maximum Gasteiger partial charge on any atom is 0.253 e. The molecule has 0 aliphatic carbocycles. The van der Waals surface area contributed by atoms with E-state index < -0.39 is 0 Å². The predicted octanol–water partition coefficient (Wildman–Crippen LogP) is 4.67. The highest BCUT2D eigenvalue weighted by molar-refractivity contribution is 7.80. The van der Waals surface area contributed by atoms with Crippen LogP contribution in [0.15, 0.2) is 48.5 Å². The fraction of sp³-hybridized carbons (Fsp3) is 0.364. The number of amides is 1. The van der Waals surface area contributed by atoms with E-state index in [-0.39, 0.29) is 11.9 Å². The Balaban J connectivity index is 1.55. The molecule has 1 atom stereocenters. The molecule has 0 bridgehead atoms. The van der Waals surface area contributed by atoms with Gasteiger partial charge in [0.2, 0.25) is 0 Å². The van der Waals surface area contributed by atoms with Crippen molar-refractivity contribution in [3.05, 3.63) is 65.2 Å². The lowest BCUT2D eigenvalue weighted by Crippen LogP contribution is -2.35. The summed E-state index contributed by atoms with van der Waals surface area (Å²) in [5.74, 6) is 0.120. The summed E-state index contributed by atoms with van der Waals surface area (Å²) in [5.41, 5.74) is 4.03. The molecule has 0 radical (unpaired) electrons. The molecule has 1 amide bonds. The lowest BCUT2D eigenvalue weighted by molar-refractivity contribution is 0.0724. The molecule has 0 spiro atoms. The van der Waals surface area contributed by atoms with Gasteiger partial charge in [0.15, 0.2) is 5.11 Å². The van der Waals surface area contributed by atoms with Crippen molar-refractivity contribution in [2.75, 3.05) is 18.4 Å². The van der Waals surface area contributed by atoms with Gasteiger partial charge in [0.25, 0.3) is 5.91 Å². The number of anilines is 1. The zero-order valence-electron chi connectivity index (χ0n) is 16.0. The van der Waals surface area contributed by atoms with Gasteiger partial charge < -0.3 is 15.5 Å². The Hall–Kier alpha value is -2.40. The van der Waals surface area contributed by atoms with Crippen LogP contribution in [0.25, 0.3) is 0 Å². The van der Waals surface area contributed by atoms with Crippen LogP contribution >= 0.6 is 12.2 Å². The molecule has 1 aliphatic heterocycles. The minimum Gasteiger partial charge on any atom is -0.356 e. The quantitative estimate of drug-likeness (QED) is 0.756. The van der Waals surface area contributed by atoms with Gasteiger partial charge >= 0.3 is 0 Å². The summed E-state index contributed by atoms with van der Waals surface area (Å²) in [6.45, 7) is 5.89. The van der Waals surface area contributed by atoms with E-state index in [0.717, 1.165) is 37.2 Å². The number of rotatable bonds is 4. The number of nitrogens with zero attached hydrogens (tertiary/aromatic N) is 1.